The Balaban J connectivity index is 1.75. The van der Waals surface area contributed by atoms with Gasteiger partial charge in [0.2, 0.25) is 0 Å². The molecule has 1 unspecified atom stereocenters. The molecule has 0 radical (unpaired) electrons. The number of nitrogens with zero attached hydrogens (tertiary/aromatic N) is 1. The molecule has 27 heavy (non-hydrogen) atoms. The van der Waals surface area contributed by atoms with E-state index in [1.165, 1.54) is 0 Å². The third-order valence-electron chi connectivity index (χ3n) is 4.80. The van der Waals surface area contributed by atoms with Gasteiger partial charge in [0, 0.05) is 31.2 Å². The fourth-order valence-electron chi connectivity index (χ4n) is 3.30. The first-order valence-electron chi connectivity index (χ1n) is 9.23. The number of hydrogen-bond acceptors (Lipinski definition) is 4. The Hall–Kier alpha value is -2.18. The molecule has 6 heteroatoms. The van der Waals surface area contributed by atoms with Crippen LogP contribution in [-0.2, 0) is 20.3 Å². The van der Waals surface area contributed by atoms with Gasteiger partial charge in [-0.2, -0.15) is 0 Å². The Morgan fingerprint density at radius 1 is 1.15 bits per heavy atom. The topological polar surface area (TPSA) is 63.7 Å². The zero-order chi connectivity index (χ0) is 19.3. The van der Waals surface area contributed by atoms with Crippen molar-refractivity contribution < 1.29 is 17.9 Å². The monoisotopic (exact) mass is 387 g/mol. The number of rotatable bonds is 7. The summed E-state index contributed by atoms with van der Waals surface area (Å²) in [6.07, 6.45) is 0.971. The average molecular weight is 388 g/mol. The van der Waals surface area contributed by atoms with E-state index in [2.05, 4.69) is 0 Å². The Morgan fingerprint density at radius 3 is 2.59 bits per heavy atom. The highest BCUT2D eigenvalue weighted by molar-refractivity contribution is 7.90. The summed E-state index contributed by atoms with van der Waals surface area (Å²) in [4.78, 5) is 15.0. The zero-order valence-electron chi connectivity index (χ0n) is 15.5. The van der Waals surface area contributed by atoms with Gasteiger partial charge in [-0.1, -0.05) is 30.3 Å². The van der Waals surface area contributed by atoms with Gasteiger partial charge in [0.15, 0.2) is 9.84 Å². The highest BCUT2D eigenvalue weighted by Crippen LogP contribution is 2.19. The Morgan fingerprint density at radius 2 is 1.93 bits per heavy atom. The van der Waals surface area contributed by atoms with E-state index in [0.29, 0.717) is 36.7 Å². The molecule has 0 bridgehead atoms. The summed E-state index contributed by atoms with van der Waals surface area (Å²) in [6.45, 7) is 4.68. The maximum Gasteiger partial charge on any atom is 0.253 e. The molecular formula is C21H25NO4S. The molecule has 1 amide bonds. The molecule has 0 aromatic heterocycles. The highest BCUT2D eigenvalue weighted by atomic mass is 32.2. The lowest BCUT2D eigenvalue weighted by molar-refractivity contribution is 0.0730. The average Bonchev–Trinajstić information content (AvgIpc) is 3.19. The number of ether oxygens (including phenoxy) is 1. The van der Waals surface area contributed by atoms with Gasteiger partial charge in [0.25, 0.3) is 5.91 Å². The van der Waals surface area contributed by atoms with E-state index in [1.807, 2.05) is 11.8 Å². The van der Waals surface area contributed by atoms with Crippen molar-refractivity contribution >= 4 is 15.7 Å². The predicted octanol–water partition coefficient (Wildman–Crippen LogP) is 3.16. The van der Waals surface area contributed by atoms with Crippen molar-refractivity contribution in [2.24, 2.45) is 5.92 Å². The number of carbonyl (C=O) groups excluding carboxylic acids is 1. The highest BCUT2D eigenvalue weighted by Gasteiger charge is 2.23. The summed E-state index contributed by atoms with van der Waals surface area (Å²) in [5.74, 6) is 0.180. The predicted molar refractivity (Wildman–Crippen MR) is 104 cm³/mol. The molecule has 0 aliphatic carbocycles. The van der Waals surface area contributed by atoms with E-state index in [9.17, 15) is 13.2 Å². The SMILES string of the molecule is CCN(CC1CCOC1)C(=O)c1cccc(CS(=O)(=O)c2ccccc2)c1. The van der Waals surface area contributed by atoms with Gasteiger partial charge in [-0.3, -0.25) is 4.79 Å². The summed E-state index contributed by atoms with van der Waals surface area (Å²) in [6, 6.07) is 15.3. The largest absolute Gasteiger partial charge is 0.381 e. The summed E-state index contributed by atoms with van der Waals surface area (Å²) >= 11 is 0. The minimum atomic E-state index is -3.44. The lowest BCUT2D eigenvalue weighted by Crippen LogP contribution is -2.35. The molecule has 144 valence electrons. The normalized spacial score (nSPS) is 17.0. The molecule has 1 atom stereocenters. The van der Waals surface area contributed by atoms with E-state index >= 15 is 0 Å². The maximum absolute atomic E-state index is 12.9. The van der Waals surface area contributed by atoms with Gasteiger partial charge >= 0.3 is 0 Å². The first-order valence-corrected chi connectivity index (χ1v) is 10.9. The summed E-state index contributed by atoms with van der Waals surface area (Å²) in [5.41, 5.74) is 1.14. The number of sulfone groups is 1. The van der Waals surface area contributed by atoms with Crippen LogP contribution in [0.1, 0.15) is 29.3 Å². The third kappa shape index (κ3) is 4.96. The van der Waals surface area contributed by atoms with Gasteiger partial charge in [-0.05, 0) is 43.2 Å². The van der Waals surface area contributed by atoms with Crippen LogP contribution in [0.2, 0.25) is 0 Å². The molecule has 1 fully saturated rings. The summed E-state index contributed by atoms with van der Waals surface area (Å²) in [7, 11) is -3.44. The van der Waals surface area contributed by atoms with E-state index in [0.717, 1.165) is 13.0 Å². The van der Waals surface area contributed by atoms with E-state index < -0.39 is 9.84 Å². The fourth-order valence-corrected chi connectivity index (χ4v) is 4.66. The van der Waals surface area contributed by atoms with E-state index in [-0.39, 0.29) is 16.6 Å². The van der Waals surface area contributed by atoms with Crippen LogP contribution in [0.15, 0.2) is 59.5 Å². The van der Waals surface area contributed by atoms with Crippen LogP contribution >= 0.6 is 0 Å². The van der Waals surface area contributed by atoms with Crippen molar-refractivity contribution in [1.29, 1.82) is 0 Å². The lowest BCUT2D eigenvalue weighted by atomic mass is 10.1. The molecule has 0 saturated carbocycles. The van der Waals surface area contributed by atoms with Gasteiger partial charge in [0.05, 0.1) is 17.3 Å². The summed E-state index contributed by atoms with van der Waals surface area (Å²) < 4.78 is 30.6. The smallest absolute Gasteiger partial charge is 0.253 e. The number of hydrogen-bond donors (Lipinski definition) is 0. The first kappa shape index (κ1) is 19.6. The molecule has 1 aliphatic heterocycles. The molecule has 2 aromatic rings. The molecule has 2 aromatic carbocycles. The van der Waals surface area contributed by atoms with Crippen LogP contribution < -0.4 is 0 Å². The van der Waals surface area contributed by atoms with Crippen molar-refractivity contribution in [3.05, 3.63) is 65.7 Å². The van der Waals surface area contributed by atoms with Crippen molar-refractivity contribution in [3.63, 3.8) is 0 Å². The minimum absolute atomic E-state index is 0.0663. The molecule has 1 heterocycles. The quantitative estimate of drug-likeness (QED) is 0.732. The van der Waals surface area contributed by atoms with Crippen molar-refractivity contribution in [1.82, 2.24) is 4.90 Å². The van der Waals surface area contributed by atoms with Crippen LogP contribution in [0.25, 0.3) is 0 Å². The first-order chi connectivity index (χ1) is 13.0. The van der Waals surface area contributed by atoms with Crippen molar-refractivity contribution in [3.8, 4) is 0 Å². The van der Waals surface area contributed by atoms with Crippen LogP contribution in [0.5, 0.6) is 0 Å². The van der Waals surface area contributed by atoms with Gasteiger partial charge in [-0.15, -0.1) is 0 Å². The Labute approximate surface area is 160 Å². The van der Waals surface area contributed by atoms with Crippen LogP contribution in [0.4, 0.5) is 0 Å². The molecule has 3 rings (SSSR count). The maximum atomic E-state index is 12.9. The second kappa shape index (κ2) is 8.67. The van der Waals surface area contributed by atoms with Crippen molar-refractivity contribution in [2.75, 3.05) is 26.3 Å². The Bertz CT molecular complexity index is 874. The number of amides is 1. The Kier molecular flexibility index (Phi) is 6.29. The third-order valence-corrected chi connectivity index (χ3v) is 6.51. The lowest BCUT2D eigenvalue weighted by Gasteiger charge is -2.24. The number of benzene rings is 2. The molecular weight excluding hydrogens is 362 g/mol. The zero-order valence-corrected chi connectivity index (χ0v) is 16.3. The van der Waals surface area contributed by atoms with Crippen LogP contribution in [0, 0.1) is 5.92 Å². The molecule has 1 aliphatic rings. The van der Waals surface area contributed by atoms with Crippen LogP contribution in [0.3, 0.4) is 0 Å². The van der Waals surface area contributed by atoms with Gasteiger partial charge in [-0.25, -0.2) is 8.42 Å². The second-order valence-corrected chi connectivity index (χ2v) is 8.84. The molecule has 5 nitrogen and oxygen atoms in total. The van der Waals surface area contributed by atoms with Crippen molar-refractivity contribution in [2.45, 2.75) is 24.0 Å². The fraction of sp³-hybridized carbons (Fsp3) is 0.381. The van der Waals surface area contributed by atoms with Gasteiger partial charge in [0.1, 0.15) is 0 Å². The molecule has 0 N–H and O–H groups in total. The van der Waals surface area contributed by atoms with Gasteiger partial charge < -0.3 is 9.64 Å². The standard InChI is InChI=1S/C21H25NO4S/c1-2-22(14-18-11-12-26-15-18)21(23)19-8-6-7-17(13-19)16-27(24,25)20-9-4-3-5-10-20/h3-10,13,18H,2,11-12,14-16H2,1H3. The summed E-state index contributed by atoms with van der Waals surface area (Å²) in [5, 5.41) is 0. The second-order valence-electron chi connectivity index (χ2n) is 6.85. The van der Waals surface area contributed by atoms with E-state index in [1.54, 1.807) is 54.6 Å². The van der Waals surface area contributed by atoms with Crippen LogP contribution in [-0.4, -0.2) is 45.5 Å². The van der Waals surface area contributed by atoms with E-state index in [4.69, 9.17) is 4.74 Å². The number of carbonyl (C=O) groups is 1. The molecule has 1 saturated heterocycles. The molecule has 0 spiro atoms. The minimum Gasteiger partial charge on any atom is -0.381 e.